The SMILES string of the molecule is O=C(O)c1ccccc1Cn1nnc(-c2ccco2)n1. The van der Waals surface area contributed by atoms with Crippen molar-refractivity contribution in [2.45, 2.75) is 6.54 Å². The molecule has 0 radical (unpaired) electrons. The molecular weight excluding hydrogens is 260 g/mol. The third-order valence-electron chi connectivity index (χ3n) is 2.75. The maximum atomic E-state index is 11.1. The first-order chi connectivity index (χ1) is 9.74. The fourth-order valence-corrected chi connectivity index (χ4v) is 1.83. The summed E-state index contributed by atoms with van der Waals surface area (Å²) in [5, 5.41) is 21.0. The van der Waals surface area contributed by atoms with Crippen molar-refractivity contribution in [2.24, 2.45) is 0 Å². The Labute approximate surface area is 113 Å². The first-order valence-electron chi connectivity index (χ1n) is 5.87. The zero-order valence-electron chi connectivity index (χ0n) is 10.3. The van der Waals surface area contributed by atoms with Gasteiger partial charge in [-0.2, -0.15) is 4.80 Å². The number of aromatic nitrogens is 4. The molecule has 3 aromatic rings. The molecule has 1 N–H and O–H groups in total. The highest BCUT2D eigenvalue weighted by Crippen LogP contribution is 2.14. The molecule has 7 nitrogen and oxygen atoms in total. The van der Waals surface area contributed by atoms with Gasteiger partial charge in [0.25, 0.3) is 0 Å². The van der Waals surface area contributed by atoms with Crippen LogP contribution in [0.15, 0.2) is 47.1 Å². The number of hydrogen-bond donors (Lipinski definition) is 1. The lowest BCUT2D eigenvalue weighted by atomic mass is 10.1. The van der Waals surface area contributed by atoms with Crippen molar-refractivity contribution in [3.8, 4) is 11.6 Å². The zero-order chi connectivity index (χ0) is 13.9. The standard InChI is InChI=1S/C13H10N4O3/c18-13(19)10-5-2-1-4-9(10)8-17-15-12(14-16-17)11-6-3-7-20-11/h1-7H,8H2,(H,18,19). The van der Waals surface area contributed by atoms with E-state index in [9.17, 15) is 4.79 Å². The van der Waals surface area contributed by atoms with Crippen LogP contribution in [0.25, 0.3) is 11.6 Å². The molecule has 0 unspecified atom stereocenters. The summed E-state index contributed by atoms with van der Waals surface area (Å²) in [6, 6.07) is 10.2. The number of carboxylic acid groups (broad SMARTS) is 1. The highest BCUT2D eigenvalue weighted by Gasteiger charge is 2.12. The Hall–Kier alpha value is -2.96. The third kappa shape index (κ3) is 2.28. The number of aromatic carboxylic acids is 1. The first-order valence-corrected chi connectivity index (χ1v) is 5.87. The van der Waals surface area contributed by atoms with Gasteiger partial charge in [-0.3, -0.25) is 0 Å². The fourth-order valence-electron chi connectivity index (χ4n) is 1.83. The van der Waals surface area contributed by atoms with Crippen LogP contribution in [0, 0.1) is 0 Å². The molecule has 100 valence electrons. The van der Waals surface area contributed by atoms with Crippen LogP contribution in [0.3, 0.4) is 0 Å². The summed E-state index contributed by atoms with van der Waals surface area (Å²) < 4.78 is 5.17. The van der Waals surface area contributed by atoms with E-state index in [0.29, 0.717) is 17.1 Å². The minimum atomic E-state index is -0.980. The predicted octanol–water partition coefficient (Wildman–Crippen LogP) is 1.68. The lowest BCUT2D eigenvalue weighted by molar-refractivity contribution is 0.0695. The molecule has 0 amide bonds. The molecule has 0 aliphatic heterocycles. The van der Waals surface area contributed by atoms with Crippen LogP contribution < -0.4 is 0 Å². The van der Waals surface area contributed by atoms with Crippen molar-refractivity contribution >= 4 is 5.97 Å². The van der Waals surface area contributed by atoms with E-state index in [2.05, 4.69) is 15.4 Å². The highest BCUT2D eigenvalue weighted by atomic mass is 16.4. The van der Waals surface area contributed by atoms with E-state index in [1.807, 2.05) is 0 Å². The number of benzene rings is 1. The molecule has 0 aliphatic carbocycles. The fraction of sp³-hybridized carbons (Fsp3) is 0.0769. The van der Waals surface area contributed by atoms with Crippen LogP contribution >= 0.6 is 0 Å². The van der Waals surface area contributed by atoms with Crippen LogP contribution in [0.1, 0.15) is 15.9 Å². The normalized spacial score (nSPS) is 10.6. The predicted molar refractivity (Wildman–Crippen MR) is 68.0 cm³/mol. The van der Waals surface area contributed by atoms with Gasteiger partial charge < -0.3 is 9.52 Å². The van der Waals surface area contributed by atoms with E-state index in [1.54, 1.807) is 36.4 Å². The molecular formula is C13H10N4O3. The maximum absolute atomic E-state index is 11.1. The second-order valence-corrected chi connectivity index (χ2v) is 4.08. The van der Waals surface area contributed by atoms with Gasteiger partial charge in [-0.05, 0) is 29.0 Å². The molecule has 20 heavy (non-hydrogen) atoms. The summed E-state index contributed by atoms with van der Waals surface area (Å²) in [7, 11) is 0. The number of tetrazole rings is 1. The van der Waals surface area contributed by atoms with Crippen LogP contribution in [0.2, 0.25) is 0 Å². The zero-order valence-corrected chi connectivity index (χ0v) is 10.3. The van der Waals surface area contributed by atoms with Gasteiger partial charge in [-0.15, -0.1) is 10.2 Å². The maximum Gasteiger partial charge on any atom is 0.336 e. The second-order valence-electron chi connectivity index (χ2n) is 4.08. The average Bonchev–Trinajstić information content (AvgIpc) is 3.09. The third-order valence-corrected chi connectivity index (χ3v) is 2.75. The highest BCUT2D eigenvalue weighted by molar-refractivity contribution is 5.89. The molecule has 0 saturated heterocycles. The van der Waals surface area contributed by atoms with Crippen molar-refractivity contribution in [3.05, 3.63) is 53.8 Å². The number of hydrogen-bond acceptors (Lipinski definition) is 5. The minimum absolute atomic E-state index is 0.226. The van der Waals surface area contributed by atoms with E-state index < -0.39 is 5.97 Å². The Morgan fingerprint density at radius 1 is 1.25 bits per heavy atom. The van der Waals surface area contributed by atoms with Gasteiger partial charge in [0.15, 0.2) is 5.76 Å². The van der Waals surface area contributed by atoms with Crippen molar-refractivity contribution in [1.29, 1.82) is 0 Å². The number of furan rings is 1. The smallest absolute Gasteiger partial charge is 0.336 e. The van der Waals surface area contributed by atoms with Gasteiger partial charge in [0, 0.05) is 0 Å². The summed E-state index contributed by atoms with van der Waals surface area (Å²) in [5.41, 5.74) is 0.841. The van der Waals surface area contributed by atoms with Crippen molar-refractivity contribution in [1.82, 2.24) is 20.2 Å². The van der Waals surface area contributed by atoms with Crippen LogP contribution in [-0.2, 0) is 6.54 Å². The lowest BCUT2D eigenvalue weighted by Gasteiger charge is -2.03. The molecule has 0 saturated carbocycles. The van der Waals surface area contributed by atoms with Crippen molar-refractivity contribution in [2.75, 3.05) is 0 Å². The topological polar surface area (TPSA) is 94.0 Å². The number of carboxylic acids is 1. The van der Waals surface area contributed by atoms with E-state index in [-0.39, 0.29) is 12.1 Å². The Morgan fingerprint density at radius 2 is 2.10 bits per heavy atom. The quantitative estimate of drug-likeness (QED) is 0.775. The Balaban J connectivity index is 1.87. The van der Waals surface area contributed by atoms with E-state index in [4.69, 9.17) is 9.52 Å². The number of nitrogens with zero attached hydrogens (tertiary/aromatic N) is 4. The van der Waals surface area contributed by atoms with Gasteiger partial charge in [0.05, 0.1) is 18.4 Å². The molecule has 1 aromatic carbocycles. The van der Waals surface area contributed by atoms with E-state index in [0.717, 1.165) is 0 Å². The molecule has 0 aliphatic rings. The summed E-state index contributed by atoms with van der Waals surface area (Å²) in [5.74, 6) is -0.0995. The molecule has 3 rings (SSSR count). The van der Waals surface area contributed by atoms with E-state index >= 15 is 0 Å². The second kappa shape index (κ2) is 4.96. The molecule has 0 atom stereocenters. The van der Waals surface area contributed by atoms with Crippen LogP contribution in [0.5, 0.6) is 0 Å². The summed E-state index contributed by atoms with van der Waals surface area (Å²) in [4.78, 5) is 12.5. The van der Waals surface area contributed by atoms with Gasteiger partial charge in [-0.1, -0.05) is 18.2 Å². The minimum Gasteiger partial charge on any atom is -0.478 e. The molecule has 2 heterocycles. The number of carbonyl (C=O) groups is 1. The summed E-state index contributed by atoms with van der Waals surface area (Å²) in [6.07, 6.45) is 1.52. The summed E-state index contributed by atoms with van der Waals surface area (Å²) in [6.45, 7) is 0.232. The van der Waals surface area contributed by atoms with Gasteiger partial charge in [0.2, 0.25) is 5.82 Å². The monoisotopic (exact) mass is 270 g/mol. The largest absolute Gasteiger partial charge is 0.478 e. The Kier molecular flexibility index (Phi) is 3.00. The Bertz CT molecular complexity index is 734. The van der Waals surface area contributed by atoms with Gasteiger partial charge in [0.1, 0.15) is 0 Å². The van der Waals surface area contributed by atoms with E-state index in [1.165, 1.54) is 11.1 Å². The molecule has 2 aromatic heterocycles. The average molecular weight is 270 g/mol. The first kappa shape index (κ1) is 12.1. The molecule has 7 heteroatoms. The Morgan fingerprint density at radius 3 is 2.85 bits per heavy atom. The van der Waals surface area contributed by atoms with Crippen LogP contribution in [-0.4, -0.2) is 31.3 Å². The molecule has 0 fully saturated rings. The summed E-state index contributed by atoms with van der Waals surface area (Å²) >= 11 is 0. The molecule has 0 spiro atoms. The van der Waals surface area contributed by atoms with Gasteiger partial charge >= 0.3 is 5.97 Å². The number of rotatable bonds is 4. The molecule has 0 bridgehead atoms. The van der Waals surface area contributed by atoms with Gasteiger partial charge in [-0.25, -0.2) is 4.79 Å². The van der Waals surface area contributed by atoms with Crippen molar-refractivity contribution in [3.63, 3.8) is 0 Å². The lowest BCUT2D eigenvalue weighted by Crippen LogP contribution is -2.09. The van der Waals surface area contributed by atoms with Crippen molar-refractivity contribution < 1.29 is 14.3 Å². The van der Waals surface area contributed by atoms with Crippen LogP contribution in [0.4, 0.5) is 0 Å².